The van der Waals surface area contributed by atoms with E-state index in [0.717, 1.165) is 0 Å². The van der Waals surface area contributed by atoms with Crippen LogP contribution in [0.15, 0.2) is 18.2 Å². The summed E-state index contributed by atoms with van der Waals surface area (Å²) >= 11 is 0. The molecule has 0 bridgehead atoms. The van der Waals surface area contributed by atoms with Crippen LogP contribution in [0, 0.1) is 0 Å². The number of methoxy groups -OCH3 is 2. The van der Waals surface area contributed by atoms with Gasteiger partial charge in [0.15, 0.2) is 17.8 Å². The summed E-state index contributed by atoms with van der Waals surface area (Å²) in [4.78, 5) is 0. The van der Waals surface area contributed by atoms with Crippen molar-refractivity contribution in [3.8, 4) is 11.5 Å². The van der Waals surface area contributed by atoms with Crippen molar-refractivity contribution in [1.29, 1.82) is 0 Å². The summed E-state index contributed by atoms with van der Waals surface area (Å²) in [5.41, 5.74) is -0.654. The molecule has 0 aliphatic heterocycles. The third kappa shape index (κ3) is 3.62. The molecule has 1 aromatic carbocycles. The molecule has 0 saturated heterocycles. The van der Waals surface area contributed by atoms with Gasteiger partial charge in [-0.1, -0.05) is 6.07 Å². The topological polar surface area (TPSA) is 57.2 Å². The van der Waals surface area contributed by atoms with Crippen LogP contribution in [0.4, 0.5) is 0 Å². The van der Waals surface area contributed by atoms with Crippen molar-refractivity contribution >= 4 is 0 Å². The van der Waals surface area contributed by atoms with Crippen LogP contribution in [-0.4, -0.2) is 38.8 Å². The number of benzene rings is 1. The van der Waals surface area contributed by atoms with Crippen LogP contribution in [0.2, 0.25) is 0 Å². The van der Waals surface area contributed by atoms with E-state index in [1.165, 1.54) is 14.2 Å². The van der Waals surface area contributed by atoms with E-state index < -0.39 is 11.9 Å². The van der Waals surface area contributed by atoms with E-state index in [2.05, 4.69) is 0 Å². The first-order valence-electron chi connectivity index (χ1n) is 6.69. The Morgan fingerprint density at radius 3 is 2.10 bits per heavy atom. The normalized spacial score (nSPS) is 14.2. The van der Waals surface area contributed by atoms with Gasteiger partial charge in [0, 0.05) is 14.2 Å². The molecule has 1 aromatic rings. The molecular weight excluding hydrogens is 260 g/mol. The lowest BCUT2D eigenvalue weighted by Crippen LogP contribution is -2.39. The van der Waals surface area contributed by atoms with Gasteiger partial charge in [-0.15, -0.1) is 0 Å². The Hall–Kier alpha value is -1.30. The fourth-order valence-electron chi connectivity index (χ4n) is 2.06. The summed E-state index contributed by atoms with van der Waals surface area (Å²) in [6.45, 7) is 6.51. The molecule has 0 aliphatic carbocycles. The van der Waals surface area contributed by atoms with E-state index in [4.69, 9.17) is 18.9 Å². The first-order chi connectivity index (χ1) is 9.51. The van der Waals surface area contributed by atoms with Crippen LogP contribution < -0.4 is 9.47 Å². The summed E-state index contributed by atoms with van der Waals surface area (Å²) < 4.78 is 21.4. The van der Waals surface area contributed by atoms with Gasteiger partial charge in [-0.25, -0.2) is 0 Å². The second-order valence-corrected chi connectivity index (χ2v) is 4.48. The molecular formula is C15H24O5. The van der Waals surface area contributed by atoms with E-state index >= 15 is 0 Å². The molecule has 0 aromatic heterocycles. The minimum atomic E-state index is -1.29. The van der Waals surface area contributed by atoms with Crippen molar-refractivity contribution in [3.05, 3.63) is 23.8 Å². The molecule has 0 aliphatic rings. The van der Waals surface area contributed by atoms with E-state index in [-0.39, 0.29) is 0 Å². The molecule has 0 saturated carbocycles. The van der Waals surface area contributed by atoms with Gasteiger partial charge in [0.05, 0.1) is 13.2 Å². The number of hydrogen-bond donors (Lipinski definition) is 1. The highest BCUT2D eigenvalue weighted by Crippen LogP contribution is 2.35. The van der Waals surface area contributed by atoms with Crippen LogP contribution in [0.3, 0.4) is 0 Å². The molecule has 0 spiro atoms. The molecule has 0 heterocycles. The largest absolute Gasteiger partial charge is 0.490 e. The number of ether oxygens (including phenoxy) is 4. The first kappa shape index (κ1) is 16.8. The van der Waals surface area contributed by atoms with Gasteiger partial charge in [0.25, 0.3) is 0 Å². The first-order valence-corrected chi connectivity index (χ1v) is 6.69. The van der Waals surface area contributed by atoms with E-state index in [0.29, 0.717) is 30.3 Å². The van der Waals surface area contributed by atoms with Gasteiger partial charge in [-0.3, -0.25) is 0 Å². The van der Waals surface area contributed by atoms with Gasteiger partial charge in [-0.05, 0) is 38.5 Å². The second kappa shape index (κ2) is 7.47. The maximum Gasteiger partial charge on any atom is 0.189 e. The third-order valence-corrected chi connectivity index (χ3v) is 3.01. The second-order valence-electron chi connectivity index (χ2n) is 4.48. The van der Waals surface area contributed by atoms with E-state index in [1.807, 2.05) is 13.8 Å². The van der Waals surface area contributed by atoms with Crippen LogP contribution >= 0.6 is 0 Å². The predicted molar refractivity (Wildman–Crippen MR) is 76.2 cm³/mol. The van der Waals surface area contributed by atoms with Gasteiger partial charge in [-0.2, -0.15) is 0 Å². The van der Waals surface area contributed by atoms with Crippen LogP contribution in [-0.2, 0) is 15.1 Å². The van der Waals surface area contributed by atoms with Crippen LogP contribution in [0.5, 0.6) is 11.5 Å². The average molecular weight is 284 g/mol. The Labute approximate surface area is 120 Å². The summed E-state index contributed by atoms with van der Waals surface area (Å²) in [7, 11) is 2.97. The molecule has 0 fully saturated rings. The lowest BCUT2D eigenvalue weighted by molar-refractivity contribution is -0.213. The highest BCUT2D eigenvalue weighted by molar-refractivity contribution is 5.44. The Balaban J connectivity index is 3.15. The molecule has 1 atom stereocenters. The molecule has 1 unspecified atom stereocenters. The Morgan fingerprint density at radius 2 is 1.60 bits per heavy atom. The predicted octanol–water partition coefficient (Wildman–Crippen LogP) is 2.31. The number of aliphatic hydroxyl groups is 1. The molecule has 0 radical (unpaired) electrons. The van der Waals surface area contributed by atoms with Crippen LogP contribution in [0.1, 0.15) is 26.3 Å². The van der Waals surface area contributed by atoms with Crippen molar-refractivity contribution in [1.82, 2.24) is 0 Å². The maximum atomic E-state index is 10.6. The van der Waals surface area contributed by atoms with Crippen molar-refractivity contribution in [2.24, 2.45) is 0 Å². The number of rotatable bonds is 8. The Bertz CT molecular complexity index is 413. The Morgan fingerprint density at radius 1 is 1.05 bits per heavy atom. The highest BCUT2D eigenvalue weighted by Gasteiger charge is 2.35. The lowest BCUT2D eigenvalue weighted by atomic mass is 9.95. The number of hydrogen-bond acceptors (Lipinski definition) is 5. The van der Waals surface area contributed by atoms with Gasteiger partial charge >= 0.3 is 0 Å². The third-order valence-electron chi connectivity index (χ3n) is 3.01. The van der Waals surface area contributed by atoms with Crippen molar-refractivity contribution < 1.29 is 24.1 Å². The average Bonchev–Trinajstić information content (AvgIpc) is 2.42. The zero-order valence-electron chi connectivity index (χ0n) is 12.8. The van der Waals surface area contributed by atoms with Gasteiger partial charge in [0.1, 0.15) is 5.60 Å². The zero-order valence-corrected chi connectivity index (χ0v) is 12.8. The molecule has 0 amide bonds. The molecule has 5 heteroatoms. The SMILES string of the molecule is CCOc1ccc(C(C)(O)C(OC)OC)cc1OCC. The van der Waals surface area contributed by atoms with E-state index in [9.17, 15) is 5.11 Å². The minimum absolute atomic E-state index is 0.518. The molecule has 20 heavy (non-hydrogen) atoms. The van der Waals surface area contributed by atoms with Crippen molar-refractivity contribution in [2.45, 2.75) is 32.7 Å². The standard InChI is InChI=1S/C15H24O5/c1-6-19-12-9-8-11(10-13(12)20-7-2)15(3,16)14(17-4)18-5/h8-10,14,16H,6-7H2,1-5H3. The van der Waals surface area contributed by atoms with Crippen LogP contribution in [0.25, 0.3) is 0 Å². The summed E-state index contributed by atoms with van der Waals surface area (Å²) in [6.07, 6.45) is -0.769. The lowest BCUT2D eigenvalue weighted by Gasteiger charge is -2.31. The van der Waals surface area contributed by atoms with Crippen molar-refractivity contribution in [2.75, 3.05) is 27.4 Å². The summed E-state index contributed by atoms with van der Waals surface area (Å²) in [5.74, 6) is 1.25. The van der Waals surface area contributed by atoms with Crippen molar-refractivity contribution in [3.63, 3.8) is 0 Å². The summed E-state index contributed by atoms with van der Waals surface area (Å²) in [5, 5.41) is 10.6. The quantitative estimate of drug-likeness (QED) is 0.742. The molecule has 1 N–H and O–H groups in total. The molecule has 114 valence electrons. The molecule has 5 nitrogen and oxygen atoms in total. The van der Waals surface area contributed by atoms with E-state index in [1.54, 1.807) is 25.1 Å². The summed E-state index contributed by atoms with van der Waals surface area (Å²) in [6, 6.07) is 5.30. The maximum absolute atomic E-state index is 10.6. The fraction of sp³-hybridized carbons (Fsp3) is 0.600. The zero-order chi connectivity index (χ0) is 15.2. The Kier molecular flexibility index (Phi) is 6.26. The van der Waals surface area contributed by atoms with Gasteiger partial charge in [0.2, 0.25) is 0 Å². The highest BCUT2D eigenvalue weighted by atomic mass is 16.7. The smallest absolute Gasteiger partial charge is 0.189 e. The fourth-order valence-corrected chi connectivity index (χ4v) is 2.06. The monoisotopic (exact) mass is 284 g/mol. The minimum Gasteiger partial charge on any atom is -0.490 e. The molecule has 1 rings (SSSR count). The van der Waals surface area contributed by atoms with Gasteiger partial charge < -0.3 is 24.1 Å².